The SMILES string of the molecule is CC(=O)O.CCCO.CCO. The second-order valence-electron chi connectivity index (χ2n) is 1.56. The quantitative estimate of drug-likeness (QED) is 0.529. The molecule has 11 heavy (non-hydrogen) atoms. The molecule has 70 valence electrons. The summed E-state index contributed by atoms with van der Waals surface area (Å²) in [5.74, 6) is -0.833. The molecule has 0 aromatic heterocycles. The number of aliphatic carboxylic acids is 1. The highest BCUT2D eigenvalue weighted by Crippen LogP contribution is 1.61. The maximum Gasteiger partial charge on any atom is 0.300 e. The van der Waals surface area contributed by atoms with Gasteiger partial charge in [0.1, 0.15) is 0 Å². The minimum absolute atomic E-state index is 0.250. The van der Waals surface area contributed by atoms with Crippen LogP contribution in [0, 0.1) is 0 Å². The van der Waals surface area contributed by atoms with Gasteiger partial charge in [-0.25, -0.2) is 0 Å². The molecule has 0 bridgehead atoms. The van der Waals surface area contributed by atoms with Crippen LogP contribution in [0.5, 0.6) is 0 Å². The number of carboxylic acids is 1. The summed E-state index contributed by atoms with van der Waals surface area (Å²) in [4.78, 5) is 9.00. The summed E-state index contributed by atoms with van der Waals surface area (Å²) in [5, 5.41) is 22.9. The molecule has 0 aromatic carbocycles. The highest BCUT2D eigenvalue weighted by Gasteiger charge is 1.65. The first-order valence-corrected chi connectivity index (χ1v) is 3.47. The fourth-order valence-corrected chi connectivity index (χ4v) is 0. The van der Waals surface area contributed by atoms with Crippen LogP contribution in [-0.4, -0.2) is 34.5 Å². The van der Waals surface area contributed by atoms with E-state index in [1.54, 1.807) is 6.92 Å². The molecule has 0 spiro atoms. The van der Waals surface area contributed by atoms with Crippen LogP contribution in [0.1, 0.15) is 27.2 Å². The molecule has 0 fully saturated rings. The van der Waals surface area contributed by atoms with Crippen molar-refractivity contribution >= 4 is 5.97 Å². The predicted octanol–water partition coefficient (Wildman–Crippen LogP) is 0.478. The van der Waals surface area contributed by atoms with Crippen LogP contribution in [0.3, 0.4) is 0 Å². The molecule has 0 rings (SSSR count). The minimum Gasteiger partial charge on any atom is -0.481 e. The first-order chi connectivity index (χ1) is 5.06. The molecule has 0 aliphatic heterocycles. The number of carbonyl (C=O) groups is 1. The minimum atomic E-state index is -0.833. The Bertz CT molecular complexity index is 57.5. The van der Waals surface area contributed by atoms with Gasteiger partial charge in [0.25, 0.3) is 5.97 Å². The molecule has 0 atom stereocenters. The fraction of sp³-hybridized carbons (Fsp3) is 0.857. The van der Waals surface area contributed by atoms with Crippen molar-refractivity contribution in [3.63, 3.8) is 0 Å². The molecule has 0 saturated carbocycles. The lowest BCUT2D eigenvalue weighted by Gasteiger charge is -1.69. The maximum atomic E-state index is 9.00. The second kappa shape index (κ2) is 22.8. The number of aliphatic hydroxyl groups is 2. The van der Waals surface area contributed by atoms with Crippen LogP contribution >= 0.6 is 0 Å². The number of hydrogen-bond acceptors (Lipinski definition) is 3. The summed E-state index contributed by atoms with van der Waals surface area (Å²) < 4.78 is 0. The van der Waals surface area contributed by atoms with Crippen molar-refractivity contribution in [1.82, 2.24) is 0 Å². The van der Waals surface area contributed by atoms with Gasteiger partial charge in [-0.3, -0.25) is 4.79 Å². The Balaban J connectivity index is -0.0000000886. The van der Waals surface area contributed by atoms with Gasteiger partial charge in [0.15, 0.2) is 0 Å². The van der Waals surface area contributed by atoms with Gasteiger partial charge in [0.05, 0.1) is 0 Å². The fourth-order valence-electron chi connectivity index (χ4n) is 0. The smallest absolute Gasteiger partial charge is 0.300 e. The Morgan fingerprint density at radius 3 is 1.36 bits per heavy atom. The van der Waals surface area contributed by atoms with Gasteiger partial charge in [-0.05, 0) is 13.3 Å². The molecule has 0 aromatic rings. The van der Waals surface area contributed by atoms with Crippen molar-refractivity contribution in [3.05, 3.63) is 0 Å². The molecular formula is C7H18O4. The average Bonchev–Trinajstić information content (AvgIpc) is 1.88. The molecular weight excluding hydrogens is 148 g/mol. The van der Waals surface area contributed by atoms with E-state index >= 15 is 0 Å². The molecule has 4 nitrogen and oxygen atoms in total. The van der Waals surface area contributed by atoms with Crippen LogP contribution in [0.25, 0.3) is 0 Å². The topological polar surface area (TPSA) is 77.8 Å². The van der Waals surface area contributed by atoms with Gasteiger partial charge in [-0.1, -0.05) is 6.92 Å². The molecule has 0 aliphatic carbocycles. The van der Waals surface area contributed by atoms with Crippen LogP contribution < -0.4 is 0 Å². The Morgan fingerprint density at radius 2 is 1.36 bits per heavy atom. The van der Waals surface area contributed by atoms with E-state index in [9.17, 15) is 0 Å². The molecule has 0 saturated heterocycles. The van der Waals surface area contributed by atoms with Crippen molar-refractivity contribution < 1.29 is 20.1 Å². The van der Waals surface area contributed by atoms with Gasteiger partial charge < -0.3 is 15.3 Å². The van der Waals surface area contributed by atoms with E-state index in [4.69, 9.17) is 20.1 Å². The Kier molecular flexibility index (Phi) is 34.7. The Hall–Kier alpha value is -0.610. The summed E-state index contributed by atoms with van der Waals surface area (Å²) in [7, 11) is 0. The van der Waals surface area contributed by atoms with Crippen molar-refractivity contribution in [3.8, 4) is 0 Å². The van der Waals surface area contributed by atoms with E-state index in [0.29, 0.717) is 6.61 Å². The van der Waals surface area contributed by atoms with E-state index in [1.807, 2.05) is 6.92 Å². The highest BCUT2D eigenvalue weighted by molar-refractivity contribution is 5.62. The summed E-state index contributed by atoms with van der Waals surface area (Å²) in [6.45, 7) is 5.26. The van der Waals surface area contributed by atoms with Gasteiger partial charge >= 0.3 is 0 Å². The third-order valence-electron chi connectivity index (χ3n) is 0.224. The Morgan fingerprint density at radius 1 is 1.27 bits per heavy atom. The van der Waals surface area contributed by atoms with Crippen molar-refractivity contribution in [2.75, 3.05) is 13.2 Å². The summed E-state index contributed by atoms with van der Waals surface area (Å²) >= 11 is 0. The Labute approximate surface area is 67.5 Å². The van der Waals surface area contributed by atoms with Crippen LogP contribution in [0.2, 0.25) is 0 Å². The van der Waals surface area contributed by atoms with Crippen LogP contribution in [0.15, 0.2) is 0 Å². The number of carboxylic acid groups (broad SMARTS) is 1. The zero-order valence-corrected chi connectivity index (χ0v) is 7.37. The molecule has 0 radical (unpaired) electrons. The largest absolute Gasteiger partial charge is 0.481 e. The highest BCUT2D eigenvalue weighted by atomic mass is 16.4. The molecule has 4 heteroatoms. The first kappa shape index (κ1) is 16.8. The van der Waals surface area contributed by atoms with E-state index in [0.717, 1.165) is 13.3 Å². The standard InChI is InChI=1S/C3H8O.C2H4O2.C2H6O/c1-2-3-4;1-2(3)4;1-2-3/h4H,2-3H2,1H3;1H3,(H,3,4);3H,2H2,1H3. The normalized spacial score (nSPS) is 6.64. The summed E-state index contributed by atoms with van der Waals surface area (Å²) in [6.07, 6.45) is 0.875. The van der Waals surface area contributed by atoms with Crippen LogP contribution in [-0.2, 0) is 4.79 Å². The molecule has 0 heterocycles. The average molecular weight is 166 g/mol. The third-order valence-corrected chi connectivity index (χ3v) is 0.224. The van der Waals surface area contributed by atoms with Gasteiger partial charge in [-0.2, -0.15) is 0 Å². The second-order valence-corrected chi connectivity index (χ2v) is 1.56. The van der Waals surface area contributed by atoms with E-state index in [1.165, 1.54) is 0 Å². The maximum absolute atomic E-state index is 9.00. The monoisotopic (exact) mass is 166 g/mol. The molecule has 0 amide bonds. The zero-order chi connectivity index (χ0) is 9.70. The number of hydrogen-bond donors (Lipinski definition) is 3. The van der Waals surface area contributed by atoms with E-state index < -0.39 is 5.97 Å². The lowest BCUT2D eigenvalue weighted by atomic mass is 10.5. The van der Waals surface area contributed by atoms with E-state index in [2.05, 4.69) is 0 Å². The van der Waals surface area contributed by atoms with Crippen molar-refractivity contribution in [2.45, 2.75) is 27.2 Å². The number of aliphatic hydroxyl groups excluding tert-OH is 2. The number of rotatable bonds is 1. The van der Waals surface area contributed by atoms with E-state index in [-0.39, 0.29) is 6.61 Å². The molecule has 3 N–H and O–H groups in total. The van der Waals surface area contributed by atoms with Gasteiger partial charge in [-0.15, -0.1) is 0 Å². The zero-order valence-electron chi connectivity index (χ0n) is 7.37. The molecule has 0 unspecified atom stereocenters. The predicted molar refractivity (Wildman–Crippen MR) is 43.4 cm³/mol. The van der Waals surface area contributed by atoms with Crippen molar-refractivity contribution in [1.29, 1.82) is 0 Å². The van der Waals surface area contributed by atoms with Crippen LogP contribution in [0.4, 0.5) is 0 Å². The van der Waals surface area contributed by atoms with Gasteiger partial charge in [0, 0.05) is 20.1 Å². The van der Waals surface area contributed by atoms with Gasteiger partial charge in [0.2, 0.25) is 0 Å². The summed E-state index contributed by atoms with van der Waals surface area (Å²) in [5.41, 5.74) is 0. The van der Waals surface area contributed by atoms with Crippen molar-refractivity contribution in [2.24, 2.45) is 0 Å². The first-order valence-electron chi connectivity index (χ1n) is 3.47. The summed E-state index contributed by atoms with van der Waals surface area (Å²) in [6, 6.07) is 0. The molecule has 0 aliphatic rings. The lowest BCUT2D eigenvalue weighted by Crippen LogP contribution is -1.78. The lowest BCUT2D eigenvalue weighted by molar-refractivity contribution is -0.134. The third kappa shape index (κ3) is 3370.